The van der Waals surface area contributed by atoms with Crippen LogP contribution in [0.3, 0.4) is 0 Å². The number of nitrogens with zero attached hydrogens (tertiary/aromatic N) is 1. The number of nitriles is 1. The Labute approximate surface area is 115 Å². The normalized spacial score (nSPS) is 10.9. The number of hydrogen-bond donors (Lipinski definition) is 2. The number of hydrogen-bond acceptors (Lipinski definition) is 4. The van der Waals surface area contributed by atoms with Crippen molar-refractivity contribution in [3.8, 4) is 6.07 Å². The predicted octanol–water partition coefficient (Wildman–Crippen LogP) is 1.67. The van der Waals surface area contributed by atoms with Crippen molar-refractivity contribution in [2.24, 2.45) is 0 Å². The molecule has 0 spiro atoms. The zero-order valence-corrected chi connectivity index (χ0v) is 12.3. The Morgan fingerprint density at radius 2 is 2.11 bits per heavy atom. The largest absolute Gasteiger partial charge is 0.384 e. The molecule has 0 aliphatic heterocycles. The smallest absolute Gasteiger partial charge is 0.208 e. The lowest BCUT2D eigenvalue weighted by molar-refractivity contribution is 0.586. The van der Waals surface area contributed by atoms with Crippen LogP contribution < -0.4 is 10.0 Å². The Hall–Kier alpha value is -1.10. The highest BCUT2D eigenvalue weighted by Gasteiger charge is 2.01. The summed E-state index contributed by atoms with van der Waals surface area (Å²) in [7, 11) is -3.11. The lowest BCUT2D eigenvalue weighted by Crippen LogP contribution is -2.24. The third-order valence-electron chi connectivity index (χ3n) is 2.13. The van der Waals surface area contributed by atoms with Gasteiger partial charge < -0.3 is 5.32 Å². The van der Waals surface area contributed by atoms with Gasteiger partial charge in [0.2, 0.25) is 10.0 Å². The molecule has 0 heterocycles. The number of benzene rings is 1. The van der Waals surface area contributed by atoms with Crippen LogP contribution in [0, 0.1) is 11.3 Å². The summed E-state index contributed by atoms with van der Waals surface area (Å²) < 4.78 is 24.9. The van der Waals surface area contributed by atoms with E-state index in [0.29, 0.717) is 25.1 Å². The topological polar surface area (TPSA) is 82.0 Å². The second-order valence-corrected chi connectivity index (χ2v) is 6.44. The summed E-state index contributed by atoms with van der Waals surface area (Å²) >= 11 is 3.36. The van der Waals surface area contributed by atoms with Crippen LogP contribution >= 0.6 is 15.9 Å². The molecule has 5 nitrogen and oxygen atoms in total. The fourth-order valence-electron chi connectivity index (χ4n) is 1.30. The van der Waals surface area contributed by atoms with E-state index >= 15 is 0 Å². The van der Waals surface area contributed by atoms with Gasteiger partial charge in [0.1, 0.15) is 0 Å². The third kappa shape index (κ3) is 5.49. The summed E-state index contributed by atoms with van der Waals surface area (Å²) in [6, 6.07) is 7.32. The van der Waals surface area contributed by atoms with E-state index in [1.54, 1.807) is 12.1 Å². The number of rotatable bonds is 6. The third-order valence-corrected chi connectivity index (χ3v) is 3.52. The maximum atomic E-state index is 10.8. The molecule has 18 heavy (non-hydrogen) atoms. The van der Waals surface area contributed by atoms with Gasteiger partial charge in [-0.25, -0.2) is 13.1 Å². The van der Waals surface area contributed by atoms with E-state index in [1.807, 2.05) is 6.07 Å². The van der Waals surface area contributed by atoms with Crippen LogP contribution in [0.4, 0.5) is 5.69 Å². The summed E-state index contributed by atoms with van der Waals surface area (Å²) in [6.45, 7) is 1.05. The first-order chi connectivity index (χ1) is 8.42. The van der Waals surface area contributed by atoms with E-state index in [-0.39, 0.29) is 0 Å². The summed E-state index contributed by atoms with van der Waals surface area (Å²) in [5, 5.41) is 11.9. The van der Waals surface area contributed by atoms with E-state index in [4.69, 9.17) is 5.26 Å². The molecule has 2 N–H and O–H groups in total. The van der Waals surface area contributed by atoms with Gasteiger partial charge in [-0.05, 0) is 40.5 Å². The van der Waals surface area contributed by atoms with Gasteiger partial charge >= 0.3 is 0 Å². The number of anilines is 1. The molecule has 0 saturated heterocycles. The molecular formula is C11H14BrN3O2S. The summed E-state index contributed by atoms with van der Waals surface area (Å²) in [5.74, 6) is 0. The van der Waals surface area contributed by atoms with Crippen molar-refractivity contribution >= 4 is 31.6 Å². The Morgan fingerprint density at radius 1 is 1.39 bits per heavy atom. The van der Waals surface area contributed by atoms with Crippen molar-refractivity contribution in [3.05, 3.63) is 28.2 Å². The predicted molar refractivity (Wildman–Crippen MR) is 74.8 cm³/mol. The molecule has 1 aromatic rings. The van der Waals surface area contributed by atoms with E-state index in [9.17, 15) is 8.42 Å². The maximum absolute atomic E-state index is 10.8. The number of halogens is 1. The molecular weight excluding hydrogens is 318 g/mol. The van der Waals surface area contributed by atoms with Gasteiger partial charge in [0.05, 0.1) is 17.9 Å². The number of sulfonamides is 1. The van der Waals surface area contributed by atoms with E-state index in [0.717, 1.165) is 16.4 Å². The highest BCUT2D eigenvalue weighted by Crippen LogP contribution is 2.23. The van der Waals surface area contributed by atoms with E-state index in [1.165, 1.54) is 0 Å². The van der Waals surface area contributed by atoms with Gasteiger partial charge in [-0.1, -0.05) is 0 Å². The number of nitrogens with one attached hydrogen (secondary N) is 2. The first-order valence-corrected chi connectivity index (χ1v) is 7.99. The standard InChI is InChI=1S/C11H14BrN3O2S/c1-18(16,17)15-6-2-5-14-11-4-3-9(8-13)7-10(11)12/h3-4,7,14-15H,2,5-6H2,1H3. The molecule has 0 radical (unpaired) electrons. The van der Waals surface area contributed by atoms with Crippen LogP contribution in [0.25, 0.3) is 0 Å². The molecule has 0 unspecified atom stereocenters. The van der Waals surface area contributed by atoms with Crippen molar-refractivity contribution in [1.29, 1.82) is 5.26 Å². The molecule has 0 atom stereocenters. The fraction of sp³-hybridized carbons (Fsp3) is 0.364. The van der Waals surface area contributed by atoms with Crippen LogP contribution in [0.1, 0.15) is 12.0 Å². The second-order valence-electron chi connectivity index (χ2n) is 3.75. The van der Waals surface area contributed by atoms with Crippen LogP contribution in [0.2, 0.25) is 0 Å². The van der Waals surface area contributed by atoms with Gasteiger partial charge in [0.25, 0.3) is 0 Å². The summed E-state index contributed by atoms with van der Waals surface area (Å²) in [6.07, 6.45) is 1.82. The van der Waals surface area contributed by atoms with Gasteiger partial charge in [-0.2, -0.15) is 5.26 Å². The van der Waals surface area contributed by atoms with Crippen molar-refractivity contribution in [1.82, 2.24) is 4.72 Å². The average molecular weight is 332 g/mol. The molecule has 1 aromatic carbocycles. The molecule has 0 aliphatic rings. The zero-order valence-electron chi connectivity index (χ0n) is 9.90. The first-order valence-electron chi connectivity index (χ1n) is 5.30. The molecule has 7 heteroatoms. The zero-order chi connectivity index (χ0) is 13.6. The van der Waals surface area contributed by atoms with Crippen molar-refractivity contribution < 1.29 is 8.42 Å². The summed E-state index contributed by atoms with van der Waals surface area (Å²) in [5.41, 5.74) is 1.47. The van der Waals surface area contributed by atoms with Crippen LogP contribution in [-0.2, 0) is 10.0 Å². The van der Waals surface area contributed by atoms with Crippen molar-refractivity contribution in [2.45, 2.75) is 6.42 Å². The maximum Gasteiger partial charge on any atom is 0.208 e. The molecule has 0 aromatic heterocycles. The molecule has 0 fully saturated rings. The van der Waals surface area contributed by atoms with Crippen LogP contribution in [0.15, 0.2) is 22.7 Å². The van der Waals surface area contributed by atoms with E-state index < -0.39 is 10.0 Å². The SMILES string of the molecule is CS(=O)(=O)NCCCNc1ccc(C#N)cc1Br. The fourth-order valence-corrected chi connectivity index (χ4v) is 2.33. The Morgan fingerprint density at radius 3 is 2.67 bits per heavy atom. The molecule has 0 amide bonds. The van der Waals surface area contributed by atoms with Crippen LogP contribution in [-0.4, -0.2) is 27.8 Å². The van der Waals surface area contributed by atoms with Crippen molar-refractivity contribution in [2.75, 3.05) is 24.7 Å². The van der Waals surface area contributed by atoms with Gasteiger partial charge in [0.15, 0.2) is 0 Å². The highest BCUT2D eigenvalue weighted by atomic mass is 79.9. The van der Waals surface area contributed by atoms with Gasteiger partial charge in [0, 0.05) is 23.2 Å². The van der Waals surface area contributed by atoms with Gasteiger partial charge in [-0.3, -0.25) is 0 Å². The quantitative estimate of drug-likeness (QED) is 0.777. The minimum Gasteiger partial charge on any atom is -0.384 e. The Balaban J connectivity index is 2.39. The molecule has 0 saturated carbocycles. The molecule has 0 bridgehead atoms. The minimum atomic E-state index is -3.11. The first kappa shape index (κ1) is 15.0. The Kier molecular flexibility index (Phi) is 5.59. The molecule has 98 valence electrons. The highest BCUT2D eigenvalue weighted by molar-refractivity contribution is 9.10. The molecule has 0 aliphatic carbocycles. The van der Waals surface area contributed by atoms with Crippen molar-refractivity contribution in [3.63, 3.8) is 0 Å². The van der Waals surface area contributed by atoms with Crippen LogP contribution in [0.5, 0.6) is 0 Å². The Bertz CT molecular complexity index is 552. The second kappa shape index (κ2) is 6.73. The summed E-state index contributed by atoms with van der Waals surface area (Å²) in [4.78, 5) is 0. The molecule has 1 rings (SSSR count). The lowest BCUT2D eigenvalue weighted by atomic mass is 10.2. The minimum absolute atomic E-state index is 0.403. The van der Waals surface area contributed by atoms with Gasteiger partial charge in [-0.15, -0.1) is 0 Å². The van der Waals surface area contributed by atoms with E-state index in [2.05, 4.69) is 32.0 Å². The lowest BCUT2D eigenvalue weighted by Gasteiger charge is -2.08. The average Bonchev–Trinajstić information content (AvgIpc) is 2.29. The monoisotopic (exact) mass is 331 g/mol.